The summed E-state index contributed by atoms with van der Waals surface area (Å²) in [6.45, 7) is 3.59. The van der Waals surface area contributed by atoms with Crippen LogP contribution in [0.4, 0.5) is 0 Å². The molecule has 0 aromatic carbocycles. The van der Waals surface area contributed by atoms with Gasteiger partial charge >= 0.3 is 5.97 Å². The Hall–Kier alpha value is -1.14. The molecule has 0 radical (unpaired) electrons. The summed E-state index contributed by atoms with van der Waals surface area (Å²) >= 11 is 0. The van der Waals surface area contributed by atoms with Crippen LogP contribution in [0.3, 0.4) is 0 Å². The summed E-state index contributed by atoms with van der Waals surface area (Å²) in [6, 6.07) is -0.474. The highest BCUT2D eigenvalue weighted by Crippen LogP contribution is 2.09. The highest BCUT2D eigenvalue weighted by Gasteiger charge is 2.30. The second kappa shape index (κ2) is 6.56. The molecule has 0 bridgehead atoms. The van der Waals surface area contributed by atoms with Gasteiger partial charge in [0.2, 0.25) is 5.91 Å². The quantitative estimate of drug-likeness (QED) is 0.693. The van der Waals surface area contributed by atoms with Crippen molar-refractivity contribution in [3.8, 4) is 0 Å². The third-order valence-electron chi connectivity index (χ3n) is 2.87. The molecule has 2 unspecified atom stereocenters. The average molecular weight is 244 g/mol. The lowest BCUT2D eigenvalue weighted by Crippen LogP contribution is -2.47. The topological polar surface area (TPSA) is 78.9 Å². The molecule has 1 saturated heterocycles. The van der Waals surface area contributed by atoms with Gasteiger partial charge in [-0.1, -0.05) is 0 Å². The van der Waals surface area contributed by atoms with Gasteiger partial charge in [0.05, 0.1) is 19.1 Å². The molecule has 1 heterocycles. The van der Waals surface area contributed by atoms with Crippen LogP contribution in [-0.4, -0.2) is 60.8 Å². The van der Waals surface area contributed by atoms with Crippen molar-refractivity contribution >= 4 is 11.9 Å². The van der Waals surface area contributed by atoms with E-state index in [1.54, 1.807) is 12.0 Å². The van der Waals surface area contributed by atoms with E-state index in [2.05, 4.69) is 5.32 Å². The minimum Gasteiger partial charge on any atom is -0.481 e. The SMILES string of the molecule is COCCN1CCC(C)NC(CC(=O)O)C1=O. The summed E-state index contributed by atoms with van der Waals surface area (Å²) in [5.41, 5.74) is 0. The Labute approximate surface area is 101 Å². The zero-order valence-corrected chi connectivity index (χ0v) is 10.3. The molecule has 1 aliphatic heterocycles. The van der Waals surface area contributed by atoms with Crippen LogP contribution in [-0.2, 0) is 14.3 Å². The Kier molecular flexibility index (Phi) is 5.37. The first-order chi connectivity index (χ1) is 8.04. The van der Waals surface area contributed by atoms with Crippen LogP contribution in [0.5, 0.6) is 0 Å². The largest absolute Gasteiger partial charge is 0.481 e. The third kappa shape index (κ3) is 4.32. The number of amides is 1. The van der Waals surface area contributed by atoms with Gasteiger partial charge in [-0.3, -0.25) is 9.59 Å². The standard InChI is InChI=1S/C11H20N2O4/c1-8-3-4-13(5-6-17-2)11(16)9(12-8)7-10(14)15/h8-9,12H,3-7H2,1-2H3,(H,14,15). The molecular formula is C11H20N2O4. The van der Waals surface area contributed by atoms with Gasteiger partial charge in [0, 0.05) is 26.2 Å². The van der Waals surface area contributed by atoms with Gasteiger partial charge in [0.15, 0.2) is 0 Å². The van der Waals surface area contributed by atoms with Gasteiger partial charge in [-0.25, -0.2) is 0 Å². The van der Waals surface area contributed by atoms with Crippen LogP contribution in [0.2, 0.25) is 0 Å². The molecule has 1 amide bonds. The molecule has 6 heteroatoms. The third-order valence-corrected chi connectivity index (χ3v) is 2.87. The monoisotopic (exact) mass is 244 g/mol. The predicted octanol–water partition coefficient (Wildman–Crippen LogP) is -0.313. The first-order valence-corrected chi connectivity index (χ1v) is 5.80. The maximum absolute atomic E-state index is 12.1. The maximum Gasteiger partial charge on any atom is 0.305 e. The van der Waals surface area contributed by atoms with E-state index in [1.165, 1.54) is 0 Å². The second-order valence-corrected chi connectivity index (χ2v) is 4.32. The molecule has 98 valence electrons. The number of nitrogens with one attached hydrogen (secondary N) is 1. The van der Waals surface area contributed by atoms with Crippen molar-refractivity contribution in [3.05, 3.63) is 0 Å². The van der Waals surface area contributed by atoms with Crippen LogP contribution in [0, 0.1) is 0 Å². The zero-order chi connectivity index (χ0) is 12.8. The Morgan fingerprint density at radius 3 is 2.94 bits per heavy atom. The Bertz CT molecular complexity index is 283. The predicted molar refractivity (Wildman–Crippen MR) is 61.7 cm³/mol. The molecule has 0 aromatic rings. The minimum atomic E-state index is -0.961. The van der Waals surface area contributed by atoms with Crippen molar-refractivity contribution in [3.63, 3.8) is 0 Å². The number of methoxy groups -OCH3 is 1. The van der Waals surface area contributed by atoms with E-state index in [1.807, 2.05) is 6.92 Å². The summed E-state index contributed by atoms with van der Waals surface area (Å²) in [6.07, 6.45) is 0.651. The summed E-state index contributed by atoms with van der Waals surface area (Å²) < 4.78 is 4.95. The summed E-state index contributed by atoms with van der Waals surface area (Å²) in [7, 11) is 1.58. The molecule has 2 N–H and O–H groups in total. The number of hydrogen-bond donors (Lipinski definition) is 2. The molecule has 6 nitrogen and oxygen atoms in total. The van der Waals surface area contributed by atoms with Crippen LogP contribution in [0.15, 0.2) is 0 Å². The van der Waals surface area contributed by atoms with Gasteiger partial charge in [0.25, 0.3) is 0 Å². The highest BCUT2D eigenvalue weighted by molar-refractivity contribution is 5.86. The lowest BCUT2D eigenvalue weighted by Gasteiger charge is -2.23. The van der Waals surface area contributed by atoms with Crippen molar-refractivity contribution in [2.24, 2.45) is 0 Å². The van der Waals surface area contributed by atoms with Crippen molar-refractivity contribution in [2.75, 3.05) is 26.8 Å². The van der Waals surface area contributed by atoms with Gasteiger partial charge in [-0.05, 0) is 13.3 Å². The number of carbonyl (C=O) groups is 2. The van der Waals surface area contributed by atoms with Crippen molar-refractivity contribution in [2.45, 2.75) is 31.8 Å². The van der Waals surface area contributed by atoms with Gasteiger partial charge in [-0.2, -0.15) is 0 Å². The fourth-order valence-electron chi connectivity index (χ4n) is 1.92. The number of carbonyl (C=O) groups excluding carboxylic acids is 1. The first kappa shape index (κ1) is 13.9. The lowest BCUT2D eigenvalue weighted by molar-refractivity contribution is -0.142. The summed E-state index contributed by atoms with van der Waals surface area (Å²) in [5.74, 6) is -1.11. The van der Waals surface area contributed by atoms with E-state index in [9.17, 15) is 9.59 Å². The number of aliphatic carboxylic acids is 1. The number of carboxylic acids is 1. The Morgan fingerprint density at radius 2 is 2.35 bits per heavy atom. The lowest BCUT2D eigenvalue weighted by atomic mass is 10.1. The molecule has 1 rings (SSSR count). The zero-order valence-electron chi connectivity index (χ0n) is 10.3. The van der Waals surface area contributed by atoms with E-state index in [-0.39, 0.29) is 18.4 Å². The Balaban J connectivity index is 2.66. The number of nitrogens with zero attached hydrogens (tertiary/aromatic N) is 1. The molecule has 0 saturated carbocycles. The molecule has 0 aromatic heterocycles. The summed E-state index contributed by atoms with van der Waals surface area (Å²) in [5, 5.41) is 11.8. The maximum atomic E-state index is 12.1. The smallest absolute Gasteiger partial charge is 0.305 e. The molecule has 17 heavy (non-hydrogen) atoms. The Morgan fingerprint density at radius 1 is 1.65 bits per heavy atom. The highest BCUT2D eigenvalue weighted by atomic mass is 16.5. The minimum absolute atomic E-state index is 0.145. The van der Waals surface area contributed by atoms with Crippen molar-refractivity contribution < 1.29 is 19.4 Å². The van der Waals surface area contributed by atoms with E-state index in [0.29, 0.717) is 19.7 Å². The fraction of sp³-hybridized carbons (Fsp3) is 0.818. The van der Waals surface area contributed by atoms with Crippen molar-refractivity contribution in [1.29, 1.82) is 0 Å². The normalized spacial score (nSPS) is 25.8. The number of carboxylic acid groups (broad SMARTS) is 1. The van der Waals surface area contributed by atoms with E-state index >= 15 is 0 Å². The molecule has 0 spiro atoms. The van der Waals surface area contributed by atoms with Gasteiger partial charge in [-0.15, -0.1) is 0 Å². The van der Waals surface area contributed by atoms with Gasteiger partial charge in [0.1, 0.15) is 0 Å². The van der Waals surface area contributed by atoms with Crippen LogP contribution in [0.25, 0.3) is 0 Å². The van der Waals surface area contributed by atoms with E-state index in [0.717, 1.165) is 6.42 Å². The number of hydrogen-bond acceptors (Lipinski definition) is 4. The second-order valence-electron chi connectivity index (χ2n) is 4.32. The summed E-state index contributed by atoms with van der Waals surface area (Å²) in [4.78, 5) is 24.5. The van der Waals surface area contributed by atoms with E-state index in [4.69, 9.17) is 9.84 Å². The molecule has 2 atom stereocenters. The van der Waals surface area contributed by atoms with Gasteiger partial charge < -0.3 is 20.1 Å². The molecule has 1 fully saturated rings. The molecule has 0 aliphatic carbocycles. The van der Waals surface area contributed by atoms with Crippen LogP contribution < -0.4 is 5.32 Å². The van der Waals surface area contributed by atoms with Crippen molar-refractivity contribution in [1.82, 2.24) is 10.2 Å². The molecular weight excluding hydrogens is 224 g/mol. The first-order valence-electron chi connectivity index (χ1n) is 5.80. The molecule has 1 aliphatic rings. The van der Waals surface area contributed by atoms with Crippen LogP contribution in [0.1, 0.15) is 19.8 Å². The number of ether oxygens (including phenoxy) is 1. The fourth-order valence-corrected chi connectivity index (χ4v) is 1.92. The van der Waals surface area contributed by atoms with E-state index < -0.39 is 12.0 Å². The number of rotatable bonds is 5. The van der Waals surface area contributed by atoms with Crippen LogP contribution >= 0.6 is 0 Å². The average Bonchev–Trinajstić information content (AvgIpc) is 2.38.